The number of likely N-dealkylation sites (N-methyl/N-ethyl adjacent to an activating group) is 1. The average molecular weight is 499 g/mol. The minimum absolute atomic E-state index is 0.0617. The Bertz CT molecular complexity index is 1360. The van der Waals surface area contributed by atoms with Crippen LogP contribution < -0.4 is 10.9 Å². The monoisotopic (exact) mass is 498 g/mol. The summed E-state index contributed by atoms with van der Waals surface area (Å²) in [5.74, 6) is -0.423. The van der Waals surface area contributed by atoms with E-state index in [0.29, 0.717) is 21.1 Å². The lowest BCUT2D eigenvalue weighted by molar-refractivity contribution is -0.131. The molecule has 0 bridgehead atoms. The van der Waals surface area contributed by atoms with Crippen molar-refractivity contribution < 1.29 is 9.59 Å². The van der Waals surface area contributed by atoms with Gasteiger partial charge in [0.05, 0.1) is 17.7 Å². The maximum atomic E-state index is 13.0. The number of aromatic nitrogens is 2. The molecule has 0 unspecified atom stereocenters. The lowest BCUT2D eigenvalue weighted by Crippen LogP contribution is -2.36. The van der Waals surface area contributed by atoms with E-state index in [2.05, 4.69) is 10.3 Å². The zero-order chi connectivity index (χ0) is 23.5. The summed E-state index contributed by atoms with van der Waals surface area (Å²) in [5.41, 5.74) is 2.55. The summed E-state index contributed by atoms with van der Waals surface area (Å²) < 4.78 is 1.48. The second-order valence-electron chi connectivity index (χ2n) is 7.52. The fourth-order valence-corrected chi connectivity index (χ4v) is 5.89. The second kappa shape index (κ2) is 9.90. The van der Waals surface area contributed by atoms with Crippen molar-refractivity contribution in [1.29, 1.82) is 0 Å². The first-order chi connectivity index (χ1) is 15.8. The first-order valence-corrected chi connectivity index (χ1v) is 12.8. The van der Waals surface area contributed by atoms with E-state index >= 15 is 0 Å². The molecule has 0 spiro atoms. The highest BCUT2D eigenvalue weighted by Gasteiger charge is 2.18. The Morgan fingerprint density at radius 1 is 1.18 bits per heavy atom. The highest BCUT2D eigenvalue weighted by Crippen LogP contribution is 2.34. The molecule has 0 aliphatic heterocycles. The Hall–Kier alpha value is -2.95. The van der Waals surface area contributed by atoms with Crippen LogP contribution in [-0.4, -0.2) is 45.6 Å². The van der Waals surface area contributed by atoms with E-state index in [4.69, 9.17) is 0 Å². The van der Waals surface area contributed by atoms with Gasteiger partial charge in [-0.3, -0.25) is 19.0 Å². The number of anilines is 1. The fraction of sp³-hybridized carbons (Fsp3) is 0.217. The molecule has 33 heavy (non-hydrogen) atoms. The van der Waals surface area contributed by atoms with Crippen molar-refractivity contribution in [2.45, 2.75) is 12.1 Å². The van der Waals surface area contributed by atoms with Gasteiger partial charge in [0.15, 0.2) is 5.16 Å². The molecular weight excluding hydrogens is 476 g/mol. The number of thiophene rings is 2. The number of fused-ring (bicyclic) bond motifs is 1. The predicted octanol–water partition coefficient (Wildman–Crippen LogP) is 4.22. The van der Waals surface area contributed by atoms with E-state index in [-0.39, 0.29) is 29.7 Å². The molecule has 0 saturated heterocycles. The van der Waals surface area contributed by atoms with E-state index in [1.165, 1.54) is 32.6 Å². The average Bonchev–Trinajstić information content (AvgIpc) is 3.46. The Labute approximate surface area is 203 Å². The van der Waals surface area contributed by atoms with Gasteiger partial charge in [0.2, 0.25) is 11.8 Å². The van der Waals surface area contributed by atoms with Crippen LogP contribution in [0.5, 0.6) is 0 Å². The molecule has 4 rings (SSSR count). The quantitative estimate of drug-likeness (QED) is 0.305. The van der Waals surface area contributed by atoms with Crippen molar-refractivity contribution in [3.05, 3.63) is 63.1 Å². The molecule has 1 N–H and O–H groups in total. The van der Waals surface area contributed by atoms with E-state index in [1.807, 2.05) is 54.1 Å². The number of nitrogens with zero attached hydrogens (tertiary/aromatic N) is 3. The van der Waals surface area contributed by atoms with Gasteiger partial charge in [-0.05, 0) is 30.5 Å². The van der Waals surface area contributed by atoms with Gasteiger partial charge in [-0.2, -0.15) is 0 Å². The number of hydrogen-bond donors (Lipinski definition) is 1. The third-order valence-corrected chi connectivity index (χ3v) is 7.82. The van der Waals surface area contributed by atoms with Gasteiger partial charge in [-0.25, -0.2) is 4.98 Å². The van der Waals surface area contributed by atoms with Crippen LogP contribution in [0.15, 0.2) is 57.1 Å². The lowest BCUT2D eigenvalue weighted by atomic mass is 10.2. The third kappa shape index (κ3) is 5.18. The van der Waals surface area contributed by atoms with Crippen molar-refractivity contribution >= 4 is 62.2 Å². The molecule has 0 aliphatic rings. The van der Waals surface area contributed by atoms with Gasteiger partial charge in [0, 0.05) is 35.6 Å². The third-order valence-electron chi connectivity index (χ3n) is 5.03. The van der Waals surface area contributed by atoms with Crippen molar-refractivity contribution in [3.63, 3.8) is 0 Å². The van der Waals surface area contributed by atoms with Gasteiger partial charge in [-0.1, -0.05) is 35.5 Å². The van der Waals surface area contributed by atoms with Crippen LogP contribution in [0.4, 0.5) is 5.69 Å². The maximum absolute atomic E-state index is 13.0. The number of benzene rings is 1. The largest absolute Gasteiger partial charge is 0.336 e. The van der Waals surface area contributed by atoms with Crippen molar-refractivity contribution in [2.24, 2.45) is 7.05 Å². The molecule has 0 radical (unpaired) electrons. The molecule has 0 aliphatic carbocycles. The van der Waals surface area contributed by atoms with Crippen LogP contribution in [-0.2, 0) is 16.6 Å². The summed E-state index contributed by atoms with van der Waals surface area (Å²) in [6.45, 7) is 1.91. The molecule has 3 heterocycles. The standard InChI is InChI=1S/C23H22N4O3S3/c1-14-6-8-15(9-7-14)24-18(28)11-26(2)19(29)13-33-23-25-21-20(22(30)27(23)3)16(12-32-21)17-5-4-10-31-17/h4-10,12H,11,13H2,1-3H3,(H,24,28). The number of hydrogen-bond acceptors (Lipinski definition) is 7. The summed E-state index contributed by atoms with van der Waals surface area (Å²) in [4.78, 5) is 45.5. The second-order valence-corrected chi connectivity index (χ2v) is 10.3. The molecule has 0 fully saturated rings. The van der Waals surface area contributed by atoms with Gasteiger partial charge in [0.25, 0.3) is 5.56 Å². The molecule has 1 aromatic carbocycles. The highest BCUT2D eigenvalue weighted by molar-refractivity contribution is 7.99. The molecule has 4 aromatic rings. The van der Waals surface area contributed by atoms with Crippen LogP contribution in [0.3, 0.4) is 0 Å². The number of aryl methyl sites for hydroxylation is 1. The zero-order valence-corrected chi connectivity index (χ0v) is 20.8. The number of nitrogens with one attached hydrogen (secondary N) is 1. The van der Waals surface area contributed by atoms with Gasteiger partial charge in [0.1, 0.15) is 4.83 Å². The van der Waals surface area contributed by atoms with Crippen molar-refractivity contribution in [3.8, 4) is 10.4 Å². The molecule has 2 amide bonds. The van der Waals surface area contributed by atoms with Gasteiger partial charge >= 0.3 is 0 Å². The first-order valence-electron chi connectivity index (χ1n) is 10.1. The summed E-state index contributed by atoms with van der Waals surface area (Å²) in [6, 6.07) is 11.4. The van der Waals surface area contributed by atoms with E-state index in [1.54, 1.807) is 25.4 Å². The molecule has 3 aromatic heterocycles. The highest BCUT2D eigenvalue weighted by atomic mass is 32.2. The molecule has 10 heteroatoms. The Morgan fingerprint density at radius 2 is 1.94 bits per heavy atom. The number of carbonyl (C=O) groups is 2. The number of carbonyl (C=O) groups excluding carboxylic acids is 2. The molecule has 0 atom stereocenters. The minimum Gasteiger partial charge on any atom is -0.336 e. The van der Waals surface area contributed by atoms with Crippen LogP contribution >= 0.6 is 34.4 Å². The predicted molar refractivity (Wildman–Crippen MR) is 136 cm³/mol. The normalized spacial score (nSPS) is 11.0. The van der Waals surface area contributed by atoms with E-state index in [9.17, 15) is 14.4 Å². The topological polar surface area (TPSA) is 84.3 Å². The summed E-state index contributed by atoms with van der Waals surface area (Å²) in [5, 5.41) is 7.78. The molecule has 170 valence electrons. The Morgan fingerprint density at radius 3 is 2.64 bits per heavy atom. The summed E-state index contributed by atoms with van der Waals surface area (Å²) in [7, 11) is 3.25. The zero-order valence-electron chi connectivity index (χ0n) is 18.3. The van der Waals surface area contributed by atoms with E-state index < -0.39 is 0 Å². The molecule has 7 nitrogen and oxygen atoms in total. The van der Waals surface area contributed by atoms with E-state index in [0.717, 1.165) is 16.0 Å². The van der Waals surface area contributed by atoms with Gasteiger partial charge < -0.3 is 10.2 Å². The Balaban J connectivity index is 1.41. The van der Waals surface area contributed by atoms with Crippen LogP contribution in [0.1, 0.15) is 5.56 Å². The lowest BCUT2D eigenvalue weighted by Gasteiger charge is -2.17. The van der Waals surface area contributed by atoms with Crippen molar-refractivity contribution in [2.75, 3.05) is 24.7 Å². The minimum atomic E-state index is -0.272. The summed E-state index contributed by atoms with van der Waals surface area (Å²) in [6.07, 6.45) is 0. The fourth-order valence-electron chi connectivity index (χ4n) is 3.17. The smallest absolute Gasteiger partial charge is 0.263 e. The van der Waals surface area contributed by atoms with Crippen LogP contribution in [0.25, 0.3) is 20.7 Å². The molecule has 0 saturated carbocycles. The van der Waals surface area contributed by atoms with Crippen molar-refractivity contribution in [1.82, 2.24) is 14.5 Å². The van der Waals surface area contributed by atoms with Crippen LogP contribution in [0.2, 0.25) is 0 Å². The first kappa shape index (κ1) is 23.2. The SMILES string of the molecule is Cc1ccc(NC(=O)CN(C)C(=O)CSc2nc3scc(-c4cccs4)c3c(=O)n2C)cc1. The molecular formula is C23H22N4O3S3. The summed E-state index contributed by atoms with van der Waals surface area (Å²) >= 11 is 4.19. The van der Waals surface area contributed by atoms with Crippen LogP contribution in [0, 0.1) is 6.92 Å². The Kier molecular flexibility index (Phi) is 6.96. The van der Waals surface area contributed by atoms with Gasteiger partial charge in [-0.15, -0.1) is 22.7 Å². The number of rotatable bonds is 7. The number of thioether (sulfide) groups is 1. The number of amides is 2. The maximum Gasteiger partial charge on any atom is 0.263 e.